The summed E-state index contributed by atoms with van der Waals surface area (Å²) in [4.78, 5) is 0. The van der Waals surface area contributed by atoms with Crippen LogP contribution in [0.25, 0.3) is 0 Å². The molecule has 0 radical (unpaired) electrons. The molecule has 0 N–H and O–H groups in total. The van der Waals surface area contributed by atoms with Crippen LogP contribution in [0.3, 0.4) is 0 Å². The van der Waals surface area contributed by atoms with Crippen molar-refractivity contribution >= 4 is 15.9 Å². The van der Waals surface area contributed by atoms with Gasteiger partial charge in [0, 0.05) is 5.33 Å². The summed E-state index contributed by atoms with van der Waals surface area (Å²) in [7, 11) is 1.67. The zero-order valence-corrected chi connectivity index (χ0v) is 13.1. The van der Waals surface area contributed by atoms with E-state index in [0.29, 0.717) is 5.92 Å². The summed E-state index contributed by atoms with van der Waals surface area (Å²) < 4.78 is 10.9. The van der Waals surface area contributed by atoms with E-state index in [4.69, 9.17) is 9.47 Å². The molecule has 18 heavy (non-hydrogen) atoms. The Morgan fingerprint density at radius 2 is 1.72 bits per heavy atom. The average Bonchev–Trinajstić information content (AvgIpc) is 2.38. The molecule has 102 valence electrons. The molecule has 2 nitrogen and oxygen atoms in total. The van der Waals surface area contributed by atoms with Crippen molar-refractivity contribution in [1.29, 1.82) is 0 Å². The average molecular weight is 315 g/mol. The highest BCUT2D eigenvalue weighted by Gasteiger charge is 2.09. The van der Waals surface area contributed by atoms with Crippen LogP contribution in [0.15, 0.2) is 24.3 Å². The van der Waals surface area contributed by atoms with Crippen LogP contribution in [0.4, 0.5) is 0 Å². The molecule has 0 amide bonds. The first-order valence-electron chi connectivity index (χ1n) is 6.48. The molecule has 0 aliphatic rings. The highest BCUT2D eigenvalue weighted by molar-refractivity contribution is 9.09. The molecule has 0 saturated carbocycles. The number of halogens is 1. The van der Waals surface area contributed by atoms with Crippen LogP contribution in [-0.4, -0.2) is 19.0 Å². The standard InChI is InChI=1S/C15H23BrO2/c1-12(2)10-13(11-16)8-9-18-15-6-4-14(17-3)5-7-15/h4-7,12-13H,8-11H2,1-3H3. The van der Waals surface area contributed by atoms with Gasteiger partial charge in [0.05, 0.1) is 13.7 Å². The van der Waals surface area contributed by atoms with Gasteiger partial charge in [0.2, 0.25) is 0 Å². The largest absolute Gasteiger partial charge is 0.497 e. The summed E-state index contributed by atoms with van der Waals surface area (Å²) in [5, 5.41) is 1.05. The Kier molecular flexibility index (Phi) is 7.18. The van der Waals surface area contributed by atoms with Crippen LogP contribution in [0.5, 0.6) is 11.5 Å². The fraction of sp³-hybridized carbons (Fsp3) is 0.600. The Morgan fingerprint density at radius 1 is 1.11 bits per heavy atom. The third-order valence-corrected chi connectivity index (χ3v) is 3.79. The zero-order valence-electron chi connectivity index (χ0n) is 11.5. The van der Waals surface area contributed by atoms with E-state index in [1.165, 1.54) is 6.42 Å². The van der Waals surface area contributed by atoms with Crippen LogP contribution < -0.4 is 9.47 Å². The number of ether oxygens (including phenoxy) is 2. The monoisotopic (exact) mass is 314 g/mol. The molecule has 0 aliphatic heterocycles. The summed E-state index contributed by atoms with van der Waals surface area (Å²) in [5.41, 5.74) is 0. The van der Waals surface area contributed by atoms with Crippen LogP contribution in [0.2, 0.25) is 0 Å². The second-order valence-corrected chi connectivity index (χ2v) is 5.61. The first kappa shape index (κ1) is 15.4. The SMILES string of the molecule is COc1ccc(OCCC(CBr)CC(C)C)cc1. The van der Waals surface area contributed by atoms with Gasteiger partial charge in [-0.15, -0.1) is 0 Å². The Morgan fingerprint density at radius 3 is 2.22 bits per heavy atom. The van der Waals surface area contributed by atoms with Crippen molar-refractivity contribution in [2.45, 2.75) is 26.7 Å². The van der Waals surface area contributed by atoms with Gasteiger partial charge in [-0.05, 0) is 48.9 Å². The second-order valence-electron chi connectivity index (χ2n) is 4.96. The fourth-order valence-corrected chi connectivity index (χ4v) is 2.53. The molecule has 0 bridgehead atoms. The van der Waals surface area contributed by atoms with Crippen molar-refractivity contribution in [2.75, 3.05) is 19.0 Å². The lowest BCUT2D eigenvalue weighted by molar-refractivity contribution is 0.272. The van der Waals surface area contributed by atoms with E-state index in [0.717, 1.165) is 35.8 Å². The van der Waals surface area contributed by atoms with Crippen molar-refractivity contribution in [3.63, 3.8) is 0 Å². The molecule has 0 heterocycles. The number of rotatable bonds is 8. The highest BCUT2D eigenvalue weighted by Crippen LogP contribution is 2.20. The summed E-state index contributed by atoms with van der Waals surface area (Å²) in [6.45, 7) is 5.30. The Labute approximate surface area is 119 Å². The van der Waals surface area contributed by atoms with E-state index in [2.05, 4.69) is 29.8 Å². The second kappa shape index (κ2) is 8.41. The topological polar surface area (TPSA) is 18.5 Å². The predicted octanol–water partition coefficient (Wildman–Crippen LogP) is 4.52. The third-order valence-electron chi connectivity index (χ3n) is 2.88. The van der Waals surface area contributed by atoms with Crippen molar-refractivity contribution in [1.82, 2.24) is 0 Å². The zero-order chi connectivity index (χ0) is 13.4. The molecule has 3 heteroatoms. The summed E-state index contributed by atoms with van der Waals surface area (Å²) in [5.74, 6) is 3.21. The maximum atomic E-state index is 5.74. The minimum atomic E-state index is 0.697. The molecule has 1 atom stereocenters. The molecule has 1 aromatic rings. The highest BCUT2D eigenvalue weighted by atomic mass is 79.9. The lowest BCUT2D eigenvalue weighted by Crippen LogP contribution is -2.11. The number of benzene rings is 1. The van der Waals surface area contributed by atoms with Crippen molar-refractivity contribution < 1.29 is 9.47 Å². The molecule has 1 unspecified atom stereocenters. The molecule has 0 aliphatic carbocycles. The van der Waals surface area contributed by atoms with Gasteiger partial charge < -0.3 is 9.47 Å². The third kappa shape index (κ3) is 5.76. The van der Waals surface area contributed by atoms with E-state index in [1.807, 2.05) is 24.3 Å². The van der Waals surface area contributed by atoms with E-state index in [-0.39, 0.29) is 0 Å². The van der Waals surface area contributed by atoms with Crippen molar-refractivity contribution in [3.8, 4) is 11.5 Å². The minimum Gasteiger partial charge on any atom is -0.497 e. The number of hydrogen-bond acceptors (Lipinski definition) is 2. The van der Waals surface area contributed by atoms with Crippen molar-refractivity contribution in [2.24, 2.45) is 11.8 Å². The lowest BCUT2D eigenvalue weighted by Gasteiger charge is -2.16. The van der Waals surface area contributed by atoms with Gasteiger partial charge in [-0.25, -0.2) is 0 Å². The predicted molar refractivity (Wildman–Crippen MR) is 79.8 cm³/mol. The Hall–Kier alpha value is -0.700. The van der Waals surface area contributed by atoms with Gasteiger partial charge >= 0.3 is 0 Å². The van der Waals surface area contributed by atoms with E-state index in [1.54, 1.807) is 7.11 Å². The molecule has 0 aromatic heterocycles. The molecule has 0 spiro atoms. The smallest absolute Gasteiger partial charge is 0.119 e. The van der Waals surface area contributed by atoms with Crippen LogP contribution in [-0.2, 0) is 0 Å². The fourth-order valence-electron chi connectivity index (χ4n) is 1.94. The first-order valence-corrected chi connectivity index (χ1v) is 7.60. The number of methoxy groups -OCH3 is 1. The van der Waals surface area contributed by atoms with Crippen LogP contribution >= 0.6 is 15.9 Å². The maximum Gasteiger partial charge on any atom is 0.119 e. The van der Waals surface area contributed by atoms with Gasteiger partial charge in [0.1, 0.15) is 11.5 Å². The summed E-state index contributed by atoms with van der Waals surface area (Å²) in [6.07, 6.45) is 2.34. The van der Waals surface area contributed by atoms with E-state index >= 15 is 0 Å². The van der Waals surface area contributed by atoms with E-state index in [9.17, 15) is 0 Å². The number of hydrogen-bond donors (Lipinski definition) is 0. The summed E-state index contributed by atoms with van der Waals surface area (Å²) >= 11 is 3.58. The van der Waals surface area contributed by atoms with Crippen molar-refractivity contribution in [3.05, 3.63) is 24.3 Å². The molecule has 0 saturated heterocycles. The minimum absolute atomic E-state index is 0.697. The Bertz CT molecular complexity index is 322. The van der Waals surface area contributed by atoms with Crippen LogP contribution in [0, 0.1) is 11.8 Å². The molecular weight excluding hydrogens is 292 g/mol. The number of alkyl halides is 1. The summed E-state index contributed by atoms with van der Waals surface area (Å²) in [6, 6.07) is 7.74. The van der Waals surface area contributed by atoms with Gasteiger partial charge in [-0.2, -0.15) is 0 Å². The maximum absolute atomic E-state index is 5.74. The van der Waals surface area contributed by atoms with E-state index < -0.39 is 0 Å². The molecule has 0 fully saturated rings. The van der Waals surface area contributed by atoms with Gasteiger partial charge in [0.15, 0.2) is 0 Å². The van der Waals surface area contributed by atoms with Gasteiger partial charge in [-0.3, -0.25) is 0 Å². The molecular formula is C15H23BrO2. The molecule has 1 rings (SSSR count). The quantitative estimate of drug-likeness (QED) is 0.657. The van der Waals surface area contributed by atoms with Gasteiger partial charge in [-0.1, -0.05) is 29.8 Å². The van der Waals surface area contributed by atoms with Gasteiger partial charge in [0.25, 0.3) is 0 Å². The lowest BCUT2D eigenvalue weighted by atomic mass is 9.96. The first-order chi connectivity index (χ1) is 8.65. The Balaban J connectivity index is 2.31. The molecule has 1 aromatic carbocycles. The normalized spacial score (nSPS) is 12.5. The van der Waals surface area contributed by atoms with Crippen LogP contribution in [0.1, 0.15) is 26.7 Å².